The average Bonchev–Trinajstić information content (AvgIpc) is 2.61. The lowest BCUT2D eigenvalue weighted by Gasteiger charge is -2.07. The molecule has 0 spiro atoms. The van der Waals surface area contributed by atoms with Gasteiger partial charge in [-0.15, -0.1) is 11.3 Å². The van der Waals surface area contributed by atoms with E-state index in [2.05, 4.69) is 20.7 Å². The molecule has 16 heavy (non-hydrogen) atoms. The van der Waals surface area contributed by atoms with Crippen molar-refractivity contribution in [2.75, 3.05) is 6.54 Å². The van der Waals surface area contributed by atoms with E-state index in [1.165, 1.54) is 13.0 Å². The molecule has 0 aromatic carbocycles. The molecule has 90 valence electrons. The number of hydrogen-bond donors (Lipinski definition) is 2. The van der Waals surface area contributed by atoms with E-state index >= 15 is 0 Å². The van der Waals surface area contributed by atoms with E-state index in [0.29, 0.717) is 3.79 Å². The number of sulfonamides is 1. The summed E-state index contributed by atoms with van der Waals surface area (Å²) in [6.07, 6.45) is 0. The van der Waals surface area contributed by atoms with Crippen LogP contribution in [0.4, 0.5) is 0 Å². The summed E-state index contributed by atoms with van der Waals surface area (Å²) in [6, 6.07) is 3.09. The fraction of sp³-hybridized carbons (Fsp3) is 0.375. The maximum atomic E-state index is 11.7. The van der Waals surface area contributed by atoms with Gasteiger partial charge in [-0.2, -0.15) is 0 Å². The summed E-state index contributed by atoms with van der Waals surface area (Å²) < 4.78 is 26.4. The number of rotatable bonds is 5. The zero-order chi connectivity index (χ0) is 12.3. The van der Waals surface area contributed by atoms with Crippen molar-refractivity contribution in [3.8, 4) is 0 Å². The number of carbonyl (C=O) groups is 1. The minimum absolute atomic E-state index is 0.118. The summed E-state index contributed by atoms with van der Waals surface area (Å²) in [4.78, 5) is 10.5. The largest absolute Gasteiger partial charge is 0.481 e. The van der Waals surface area contributed by atoms with Gasteiger partial charge in [0.1, 0.15) is 4.21 Å². The first-order chi connectivity index (χ1) is 7.33. The lowest BCUT2D eigenvalue weighted by Crippen LogP contribution is -2.31. The van der Waals surface area contributed by atoms with Crippen LogP contribution in [0.3, 0.4) is 0 Å². The lowest BCUT2D eigenvalue weighted by atomic mass is 10.2. The molecule has 1 aromatic rings. The molecule has 1 aromatic heterocycles. The smallest absolute Gasteiger partial charge is 0.307 e. The predicted molar refractivity (Wildman–Crippen MR) is 64.0 cm³/mol. The Labute approximate surface area is 106 Å². The highest BCUT2D eigenvalue weighted by Crippen LogP contribution is 2.25. The number of carboxylic acid groups (broad SMARTS) is 1. The second kappa shape index (κ2) is 5.26. The van der Waals surface area contributed by atoms with Crippen LogP contribution in [0.1, 0.15) is 6.92 Å². The molecular weight excluding hydrogens is 318 g/mol. The van der Waals surface area contributed by atoms with Gasteiger partial charge in [0.25, 0.3) is 0 Å². The van der Waals surface area contributed by atoms with Crippen LogP contribution in [0.15, 0.2) is 20.1 Å². The van der Waals surface area contributed by atoms with Crippen LogP contribution >= 0.6 is 27.3 Å². The van der Waals surface area contributed by atoms with E-state index in [1.807, 2.05) is 0 Å². The average molecular weight is 328 g/mol. The van der Waals surface area contributed by atoms with E-state index < -0.39 is 21.9 Å². The van der Waals surface area contributed by atoms with E-state index in [9.17, 15) is 13.2 Å². The highest BCUT2D eigenvalue weighted by Gasteiger charge is 2.19. The molecule has 1 unspecified atom stereocenters. The number of nitrogens with one attached hydrogen (secondary N) is 1. The number of thiophene rings is 1. The lowest BCUT2D eigenvalue weighted by molar-refractivity contribution is -0.140. The highest BCUT2D eigenvalue weighted by atomic mass is 79.9. The molecule has 2 N–H and O–H groups in total. The second-order valence-electron chi connectivity index (χ2n) is 3.15. The Balaban J connectivity index is 2.70. The van der Waals surface area contributed by atoms with Gasteiger partial charge in [-0.05, 0) is 28.1 Å². The summed E-state index contributed by atoms with van der Waals surface area (Å²) in [5, 5.41) is 8.61. The number of hydrogen-bond acceptors (Lipinski definition) is 4. The third-order valence-corrected chi connectivity index (χ3v) is 5.35. The Bertz CT molecular complexity index is 482. The van der Waals surface area contributed by atoms with Crippen LogP contribution < -0.4 is 4.72 Å². The topological polar surface area (TPSA) is 83.5 Å². The summed E-state index contributed by atoms with van der Waals surface area (Å²) in [5.74, 6) is -1.78. The van der Waals surface area contributed by atoms with Crippen molar-refractivity contribution in [2.45, 2.75) is 11.1 Å². The van der Waals surface area contributed by atoms with Crippen molar-refractivity contribution in [2.24, 2.45) is 5.92 Å². The molecule has 1 heterocycles. The van der Waals surface area contributed by atoms with Gasteiger partial charge >= 0.3 is 5.97 Å². The molecule has 0 aliphatic heterocycles. The van der Waals surface area contributed by atoms with E-state index in [1.54, 1.807) is 6.07 Å². The zero-order valence-corrected chi connectivity index (χ0v) is 11.5. The fourth-order valence-corrected chi connectivity index (χ4v) is 4.02. The Kier molecular flexibility index (Phi) is 4.48. The Morgan fingerprint density at radius 1 is 1.62 bits per heavy atom. The summed E-state index contributed by atoms with van der Waals surface area (Å²) in [6.45, 7) is 1.32. The first kappa shape index (κ1) is 13.6. The molecule has 1 atom stereocenters. The van der Waals surface area contributed by atoms with Gasteiger partial charge in [0.15, 0.2) is 0 Å². The molecule has 1 rings (SSSR count). The predicted octanol–water partition coefficient (Wildman–Crippen LogP) is 1.51. The normalized spacial score (nSPS) is 13.6. The molecule has 0 saturated heterocycles. The molecule has 0 amide bonds. The minimum atomic E-state index is -3.59. The number of carboxylic acids is 1. The van der Waals surface area contributed by atoms with Crippen molar-refractivity contribution in [1.82, 2.24) is 4.72 Å². The van der Waals surface area contributed by atoms with Crippen molar-refractivity contribution >= 4 is 43.3 Å². The van der Waals surface area contributed by atoms with E-state index in [-0.39, 0.29) is 10.8 Å². The monoisotopic (exact) mass is 327 g/mol. The SMILES string of the molecule is CC(CNS(=O)(=O)c1ccc(Br)s1)C(=O)O. The van der Waals surface area contributed by atoms with Crippen molar-refractivity contribution in [1.29, 1.82) is 0 Å². The van der Waals surface area contributed by atoms with Gasteiger partial charge in [-0.1, -0.05) is 6.92 Å². The minimum Gasteiger partial charge on any atom is -0.481 e. The van der Waals surface area contributed by atoms with Gasteiger partial charge in [-0.3, -0.25) is 4.79 Å². The molecule has 8 heteroatoms. The molecule has 0 radical (unpaired) electrons. The maximum absolute atomic E-state index is 11.7. The van der Waals surface area contributed by atoms with Crippen LogP contribution in [0.2, 0.25) is 0 Å². The highest BCUT2D eigenvalue weighted by molar-refractivity contribution is 9.11. The fourth-order valence-electron chi connectivity index (χ4n) is 0.835. The van der Waals surface area contributed by atoms with Crippen LogP contribution in [-0.4, -0.2) is 26.0 Å². The van der Waals surface area contributed by atoms with Crippen LogP contribution in [0.25, 0.3) is 0 Å². The summed E-state index contributed by atoms with van der Waals surface area (Å²) in [7, 11) is -3.59. The van der Waals surface area contributed by atoms with Crippen LogP contribution in [0.5, 0.6) is 0 Å². The van der Waals surface area contributed by atoms with Crippen LogP contribution in [0, 0.1) is 5.92 Å². The van der Waals surface area contributed by atoms with Gasteiger partial charge in [-0.25, -0.2) is 13.1 Å². The quantitative estimate of drug-likeness (QED) is 0.858. The molecule has 0 bridgehead atoms. The Hall–Kier alpha value is -0.440. The molecule has 0 aliphatic carbocycles. The van der Waals surface area contributed by atoms with Crippen molar-refractivity contribution in [3.05, 3.63) is 15.9 Å². The number of aliphatic carboxylic acids is 1. The summed E-state index contributed by atoms with van der Waals surface area (Å²) >= 11 is 4.23. The zero-order valence-electron chi connectivity index (χ0n) is 8.31. The Morgan fingerprint density at radius 3 is 2.69 bits per heavy atom. The summed E-state index contributed by atoms with van der Waals surface area (Å²) in [5.41, 5.74) is 0. The third-order valence-electron chi connectivity index (χ3n) is 1.81. The maximum Gasteiger partial charge on any atom is 0.307 e. The molecule has 0 saturated carbocycles. The molecule has 0 aliphatic rings. The number of halogens is 1. The van der Waals surface area contributed by atoms with Crippen molar-refractivity contribution in [3.63, 3.8) is 0 Å². The van der Waals surface area contributed by atoms with Crippen LogP contribution in [-0.2, 0) is 14.8 Å². The molecular formula is C8H10BrNO4S2. The molecule has 0 fully saturated rings. The first-order valence-corrected chi connectivity index (χ1v) is 7.40. The third kappa shape index (κ3) is 3.55. The first-order valence-electron chi connectivity index (χ1n) is 4.31. The van der Waals surface area contributed by atoms with Gasteiger partial charge < -0.3 is 5.11 Å². The van der Waals surface area contributed by atoms with E-state index in [0.717, 1.165) is 11.3 Å². The van der Waals surface area contributed by atoms with Gasteiger partial charge in [0.2, 0.25) is 10.0 Å². The van der Waals surface area contributed by atoms with Gasteiger partial charge in [0.05, 0.1) is 9.70 Å². The molecule has 5 nitrogen and oxygen atoms in total. The second-order valence-corrected chi connectivity index (χ2v) is 7.61. The Morgan fingerprint density at radius 2 is 2.25 bits per heavy atom. The van der Waals surface area contributed by atoms with Crippen molar-refractivity contribution < 1.29 is 18.3 Å². The van der Waals surface area contributed by atoms with E-state index in [4.69, 9.17) is 5.11 Å². The van der Waals surface area contributed by atoms with Gasteiger partial charge in [0, 0.05) is 6.54 Å². The standard InChI is InChI=1S/C8H10BrNO4S2/c1-5(8(11)12)4-10-16(13,14)7-3-2-6(9)15-7/h2-3,5,10H,4H2,1H3,(H,11,12).